The van der Waals surface area contributed by atoms with Crippen molar-refractivity contribution in [1.29, 1.82) is 0 Å². The third-order valence-electron chi connectivity index (χ3n) is 5.85. The number of hydrogen-bond acceptors (Lipinski definition) is 5. The van der Waals surface area contributed by atoms with Gasteiger partial charge in [0.05, 0.1) is 6.54 Å². The molecule has 1 aliphatic heterocycles. The monoisotopic (exact) mass is 348 g/mol. The minimum atomic E-state index is 0.338. The summed E-state index contributed by atoms with van der Waals surface area (Å²) in [6.07, 6.45) is 8.18. The fourth-order valence-corrected chi connectivity index (χ4v) is 4.13. The topological polar surface area (TPSA) is 62.5 Å². The maximum atomic E-state index is 12.6. The second-order valence-electron chi connectivity index (χ2n) is 7.69. The predicted octanol–water partition coefficient (Wildman–Crippen LogP) is 2.88. The second kappa shape index (κ2) is 8.79. The highest BCUT2D eigenvalue weighted by molar-refractivity contribution is 5.76. The molecule has 2 aliphatic rings. The lowest BCUT2D eigenvalue weighted by atomic mass is 9.79. The van der Waals surface area contributed by atoms with Gasteiger partial charge in [-0.15, -0.1) is 0 Å². The number of aryl methyl sites for hydroxylation is 1. The molecule has 2 fully saturated rings. The number of nitrogens with zero attached hydrogens (tertiary/aromatic N) is 4. The summed E-state index contributed by atoms with van der Waals surface area (Å²) in [4.78, 5) is 21.3. The van der Waals surface area contributed by atoms with E-state index in [4.69, 9.17) is 4.52 Å². The Bertz CT molecular complexity index is 545. The predicted molar refractivity (Wildman–Crippen MR) is 95.9 cm³/mol. The summed E-state index contributed by atoms with van der Waals surface area (Å²) in [5, 5.41) is 4.02. The molecule has 6 heteroatoms. The van der Waals surface area contributed by atoms with E-state index in [0.29, 0.717) is 24.3 Å². The largest absolute Gasteiger partial charge is 0.340 e. The molecule has 1 saturated carbocycles. The van der Waals surface area contributed by atoms with Crippen LogP contribution in [0.2, 0.25) is 0 Å². The first-order valence-electron chi connectivity index (χ1n) is 9.97. The van der Waals surface area contributed by atoms with Gasteiger partial charge in [-0.2, -0.15) is 4.98 Å². The van der Waals surface area contributed by atoms with Gasteiger partial charge in [0.1, 0.15) is 0 Å². The lowest BCUT2D eigenvalue weighted by Crippen LogP contribution is -2.48. The van der Waals surface area contributed by atoms with Crippen molar-refractivity contribution in [3.8, 4) is 0 Å². The SMILES string of the molecule is CCc1nc(CN2CCN(C(=O)CC(C)C3CCCCC3)CC2)no1. The Hall–Kier alpha value is -1.43. The van der Waals surface area contributed by atoms with E-state index in [1.165, 1.54) is 32.1 Å². The van der Waals surface area contributed by atoms with Gasteiger partial charge in [-0.25, -0.2) is 0 Å². The van der Waals surface area contributed by atoms with E-state index in [9.17, 15) is 4.79 Å². The van der Waals surface area contributed by atoms with Crippen molar-refractivity contribution >= 4 is 5.91 Å². The van der Waals surface area contributed by atoms with Crippen LogP contribution in [0.15, 0.2) is 4.52 Å². The molecule has 6 nitrogen and oxygen atoms in total. The fraction of sp³-hybridized carbons (Fsp3) is 0.842. The van der Waals surface area contributed by atoms with Crippen LogP contribution >= 0.6 is 0 Å². The first kappa shape index (κ1) is 18.4. The molecule has 1 saturated heterocycles. The highest BCUT2D eigenvalue weighted by atomic mass is 16.5. The summed E-state index contributed by atoms with van der Waals surface area (Å²) in [6.45, 7) is 8.40. The summed E-state index contributed by atoms with van der Waals surface area (Å²) in [5.74, 6) is 3.07. The molecule has 1 aromatic rings. The molecule has 0 aromatic carbocycles. The van der Waals surface area contributed by atoms with E-state index < -0.39 is 0 Å². The van der Waals surface area contributed by atoms with Crippen LogP contribution < -0.4 is 0 Å². The summed E-state index contributed by atoms with van der Waals surface area (Å²) in [6, 6.07) is 0. The number of hydrogen-bond donors (Lipinski definition) is 0. The van der Waals surface area contributed by atoms with Gasteiger partial charge in [0.2, 0.25) is 11.8 Å². The lowest BCUT2D eigenvalue weighted by Gasteiger charge is -2.35. The molecule has 1 aliphatic carbocycles. The minimum Gasteiger partial charge on any atom is -0.340 e. The third-order valence-corrected chi connectivity index (χ3v) is 5.85. The number of carbonyl (C=O) groups excluding carboxylic acids is 1. The molecule has 1 amide bonds. The Balaban J connectivity index is 1.41. The standard InChI is InChI=1S/C19H32N4O2/c1-3-18-20-17(21-25-18)14-22-9-11-23(12-10-22)19(24)13-15(2)16-7-5-4-6-8-16/h15-16H,3-14H2,1-2H3. The number of rotatable bonds is 6. The van der Waals surface area contributed by atoms with Crippen molar-refractivity contribution in [3.05, 3.63) is 11.7 Å². The average molecular weight is 348 g/mol. The van der Waals surface area contributed by atoms with Gasteiger partial charge in [0.15, 0.2) is 5.82 Å². The van der Waals surface area contributed by atoms with E-state index in [1.807, 2.05) is 11.8 Å². The molecule has 3 rings (SSSR count). The van der Waals surface area contributed by atoms with Crippen molar-refractivity contribution in [2.24, 2.45) is 11.8 Å². The quantitative estimate of drug-likeness (QED) is 0.791. The molecular formula is C19H32N4O2. The zero-order valence-electron chi connectivity index (χ0n) is 15.7. The van der Waals surface area contributed by atoms with Crippen LogP contribution in [0.3, 0.4) is 0 Å². The maximum Gasteiger partial charge on any atom is 0.226 e. The van der Waals surface area contributed by atoms with E-state index in [0.717, 1.165) is 50.8 Å². The molecule has 1 atom stereocenters. The van der Waals surface area contributed by atoms with E-state index in [2.05, 4.69) is 22.0 Å². The first-order valence-corrected chi connectivity index (χ1v) is 9.97. The normalized spacial score (nSPS) is 21.4. The Morgan fingerprint density at radius 1 is 1.20 bits per heavy atom. The van der Waals surface area contributed by atoms with Crippen LogP contribution in [0, 0.1) is 11.8 Å². The van der Waals surface area contributed by atoms with Crippen LogP contribution in [0.4, 0.5) is 0 Å². The molecule has 0 spiro atoms. The molecule has 25 heavy (non-hydrogen) atoms. The highest BCUT2D eigenvalue weighted by Crippen LogP contribution is 2.31. The molecular weight excluding hydrogens is 316 g/mol. The van der Waals surface area contributed by atoms with Crippen LogP contribution in [0.25, 0.3) is 0 Å². The fourth-order valence-electron chi connectivity index (χ4n) is 4.13. The van der Waals surface area contributed by atoms with Gasteiger partial charge in [-0.05, 0) is 11.8 Å². The van der Waals surface area contributed by atoms with Crippen molar-refractivity contribution in [2.45, 2.75) is 65.3 Å². The molecule has 140 valence electrons. The van der Waals surface area contributed by atoms with E-state index in [1.54, 1.807) is 0 Å². The van der Waals surface area contributed by atoms with E-state index >= 15 is 0 Å². The second-order valence-corrected chi connectivity index (χ2v) is 7.69. The summed E-state index contributed by atoms with van der Waals surface area (Å²) >= 11 is 0. The average Bonchev–Trinajstić information content (AvgIpc) is 3.10. The van der Waals surface area contributed by atoms with Crippen molar-refractivity contribution in [1.82, 2.24) is 19.9 Å². The molecule has 1 unspecified atom stereocenters. The molecule has 2 heterocycles. The Labute approximate surface area is 150 Å². The van der Waals surface area contributed by atoms with E-state index in [-0.39, 0.29) is 0 Å². The Morgan fingerprint density at radius 2 is 1.92 bits per heavy atom. The number of carbonyl (C=O) groups is 1. The molecule has 0 N–H and O–H groups in total. The van der Waals surface area contributed by atoms with Gasteiger partial charge in [-0.3, -0.25) is 9.69 Å². The summed E-state index contributed by atoms with van der Waals surface area (Å²) in [7, 11) is 0. The van der Waals surface area contributed by atoms with Crippen molar-refractivity contribution in [2.75, 3.05) is 26.2 Å². The minimum absolute atomic E-state index is 0.338. The summed E-state index contributed by atoms with van der Waals surface area (Å²) < 4.78 is 5.16. The van der Waals surface area contributed by atoms with Gasteiger partial charge >= 0.3 is 0 Å². The van der Waals surface area contributed by atoms with Gasteiger partial charge < -0.3 is 9.42 Å². The maximum absolute atomic E-state index is 12.6. The number of piperazine rings is 1. The smallest absolute Gasteiger partial charge is 0.226 e. The van der Waals surface area contributed by atoms with Crippen LogP contribution in [-0.2, 0) is 17.8 Å². The molecule has 1 aromatic heterocycles. The van der Waals surface area contributed by atoms with Gasteiger partial charge in [0.25, 0.3) is 0 Å². The van der Waals surface area contributed by atoms with Crippen LogP contribution in [0.5, 0.6) is 0 Å². The van der Waals surface area contributed by atoms with Gasteiger partial charge in [0, 0.05) is 39.0 Å². The summed E-state index contributed by atoms with van der Waals surface area (Å²) in [5.41, 5.74) is 0. The van der Waals surface area contributed by atoms with Gasteiger partial charge in [-0.1, -0.05) is 51.1 Å². The van der Waals surface area contributed by atoms with Crippen LogP contribution in [0.1, 0.15) is 64.1 Å². The van der Waals surface area contributed by atoms with Crippen molar-refractivity contribution < 1.29 is 9.32 Å². The number of aromatic nitrogens is 2. The zero-order chi connectivity index (χ0) is 17.6. The molecule has 0 radical (unpaired) electrons. The first-order chi connectivity index (χ1) is 12.2. The highest BCUT2D eigenvalue weighted by Gasteiger charge is 2.26. The third kappa shape index (κ3) is 5.03. The zero-order valence-corrected chi connectivity index (χ0v) is 15.7. The number of amides is 1. The Morgan fingerprint density at radius 3 is 2.56 bits per heavy atom. The van der Waals surface area contributed by atoms with Crippen LogP contribution in [-0.4, -0.2) is 52.0 Å². The molecule has 0 bridgehead atoms. The van der Waals surface area contributed by atoms with Crippen molar-refractivity contribution in [3.63, 3.8) is 0 Å². The Kier molecular flexibility index (Phi) is 6.45. The lowest BCUT2D eigenvalue weighted by molar-refractivity contribution is -0.134.